The first-order valence-electron chi connectivity index (χ1n) is 8.81. The number of ether oxygens (including phenoxy) is 4. The Morgan fingerprint density at radius 3 is 2.15 bits per heavy atom. The van der Waals surface area contributed by atoms with Gasteiger partial charge in [0.1, 0.15) is 11.9 Å². The van der Waals surface area contributed by atoms with E-state index in [4.69, 9.17) is 18.9 Å². The fraction of sp³-hybridized carbons (Fsp3) is 0.833. The van der Waals surface area contributed by atoms with Crippen molar-refractivity contribution < 1.29 is 38.4 Å². The van der Waals surface area contributed by atoms with E-state index in [1.807, 2.05) is 0 Å². The van der Waals surface area contributed by atoms with E-state index in [0.717, 1.165) is 6.42 Å². The maximum Gasteiger partial charge on any atom is 0.302 e. The highest BCUT2D eigenvalue weighted by atomic mass is 16.7. The Morgan fingerprint density at radius 2 is 1.65 bits per heavy atom. The fourth-order valence-corrected chi connectivity index (χ4v) is 2.44. The second kappa shape index (κ2) is 13.7. The van der Waals surface area contributed by atoms with Crippen LogP contribution in [0.25, 0.3) is 0 Å². The van der Waals surface area contributed by atoms with Crippen LogP contribution in [-0.4, -0.2) is 61.6 Å². The van der Waals surface area contributed by atoms with Crippen molar-refractivity contribution in [1.29, 1.82) is 0 Å². The fourth-order valence-electron chi connectivity index (χ4n) is 2.44. The van der Waals surface area contributed by atoms with Gasteiger partial charge in [0, 0.05) is 46.3 Å². The molecule has 0 radical (unpaired) electrons. The van der Waals surface area contributed by atoms with E-state index in [0.29, 0.717) is 19.4 Å². The number of unbranched alkanes of at least 4 members (excludes halogenated alkanes) is 1. The number of carbonyl (C=O) groups is 3. The van der Waals surface area contributed by atoms with Crippen molar-refractivity contribution >= 4 is 17.7 Å². The number of carbonyl (C=O) groups excluding carboxylic acids is 3. The number of methoxy groups -OCH3 is 1. The molecule has 26 heavy (non-hydrogen) atoms. The summed E-state index contributed by atoms with van der Waals surface area (Å²) < 4.78 is 20.9. The molecule has 0 aromatic rings. The lowest BCUT2D eigenvalue weighted by molar-refractivity contribution is -0.193. The zero-order chi connectivity index (χ0) is 20.1. The first-order valence-corrected chi connectivity index (χ1v) is 8.81. The zero-order valence-electron chi connectivity index (χ0n) is 16.4. The molecule has 1 N–H and O–H groups in total. The summed E-state index contributed by atoms with van der Waals surface area (Å²) in [5.74, 6) is -1.34. The van der Waals surface area contributed by atoms with E-state index < -0.39 is 36.4 Å². The molecule has 0 aromatic carbocycles. The van der Waals surface area contributed by atoms with Crippen LogP contribution < -0.4 is 0 Å². The quantitative estimate of drug-likeness (QED) is 0.277. The van der Waals surface area contributed by atoms with Crippen LogP contribution in [0.15, 0.2) is 0 Å². The highest BCUT2D eigenvalue weighted by molar-refractivity contribution is 5.75. The van der Waals surface area contributed by atoms with Crippen molar-refractivity contribution in [2.45, 2.75) is 71.9 Å². The van der Waals surface area contributed by atoms with Crippen molar-refractivity contribution in [1.82, 2.24) is 0 Å². The van der Waals surface area contributed by atoms with Gasteiger partial charge in [0.25, 0.3) is 0 Å². The lowest BCUT2D eigenvalue weighted by Crippen LogP contribution is -2.42. The molecule has 0 saturated heterocycles. The van der Waals surface area contributed by atoms with Gasteiger partial charge in [-0.05, 0) is 19.8 Å². The summed E-state index contributed by atoms with van der Waals surface area (Å²) in [5, 5.41) is 10.5. The van der Waals surface area contributed by atoms with Crippen LogP contribution in [0.1, 0.15) is 53.4 Å². The average molecular weight is 376 g/mol. The van der Waals surface area contributed by atoms with Crippen molar-refractivity contribution in [3.05, 3.63) is 0 Å². The third kappa shape index (κ3) is 11.2. The van der Waals surface area contributed by atoms with Crippen LogP contribution in [0.5, 0.6) is 0 Å². The smallest absolute Gasteiger partial charge is 0.302 e. The molecule has 0 aliphatic carbocycles. The van der Waals surface area contributed by atoms with Gasteiger partial charge in [-0.2, -0.15) is 0 Å². The van der Waals surface area contributed by atoms with Crippen molar-refractivity contribution in [2.75, 3.05) is 20.3 Å². The molecule has 4 atom stereocenters. The minimum atomic E-state index is -1.06. The van der Waals surface area contributed by atoms with E-state index >= 15 is 0 Å². The molecule has 0 spiro atoms. The highest BCUT2D eigenvalue weighted by Crippen LogP contribution is 2.20. The molecule has 0 aliphatic rings. The second-order valence-electron chi connectivity index (χ2n) is 6.26. The van der Waals surface area contributed by atoms with Gasteiger partial charge in [-0.25, -0.2) is 0 Å². The molecule has 0 aromatic heterocycles. The Balaban J connectivity index is 4.60. The predicted molar refractivity (Wildman–Crippen MR) is 93.3 cm³/mol. The lowest BCUT2D eigenvalue weighted by Gasteiger charge is -2.31. The third-order valence-corrected chi connectivity index (χ3v) is 3.81. The van der Waals surface area contributed by atoms with Crippen LogP contribution in [0.2, 0.25) is 0 Å². The summed E-state index contributed by atoms with van der Waals surface area (Å²) in [7, 11) is 1.46. The molecule has 4 unspecified atom stereocenters. The van der Waals surface area contributed by atoms with Gasteiger partial charge in [0.2, 0.25) is 0 Å². The van der Waals surface area contributed by atoms with Crippen LogP contribution in [-0.2, 0) is 33.3 Å². The predicted octanol–water partition coefficient (Wildman–Crippen LogP) is 1.62. The van der Waals surface area contributed by atoms with Gasteiger partial charge < -0.3 is 28.8 Å². The minimum absolute atomic E-state index is 0.0284. The Kier molecular flexibility index (Phi) is 12.9. The summed E-state index contributed by atoms with van der Waals surface area (Å²) in [4.78, 5) is 33.1. The molecular formula is C18H32O8. The maximum atomic E-state index is 11.3. The van der Waals surface area contributed by atoms with Gasteiger partial charge in [0.05, 0.1) is 12.7 Å². The number of hydrogen-bond donors (Lipinski definition) is 1. The first-order chi connectivity index (χ1) is 12.2. The molecular weight excluding hydrogens is 344 g/mol. The van der Waals surface area contributed by atoms with Gasteiger partial charge in [0.15, 0.2) is 6.29 Å². The van der Waals surface area contributed by atoms with Gasteiger partial charge in [-0.15, -0.1) is 0 Å². The Bertz CT molecular complexity index is 437. The Morgan fingerprint density at radius 1 is 1.00 bits per heavy atom. The van der Waals surface area contributed by atoms with E-state index in [1.165, 1.54) is 21.0 Å². The SMILES string of the molecule is COC(OCCCCC(C)=O)C(C)C(O)C(CCOC(C)=O)OC(C)=O. The lowest BCUT2D eigenvalue weighted by atomic mass is 9.97. The topological polar surface area (TPSA) is 108 Å². The molecule has 0 rings (SSSR count). The average Bonchev–Trinajstić information content (AvgIpc) is 2.55. The van der Waals surface area contributed by atoms with E-state index in [1.54, 1.807) is 13.8 Å². The number of ketones is 1. The summed E-state index contributed by atoms with van der Waals surface area (Å²) in [6, 6.07) is 0. The van der Waals surface area contributed by atoms with Crippen molar-refractivity contribution in [3.63, 3.8) is 0 Å². The first kappa shape index (κ1) is 24.5. The molecule has 0 saturated carbocycles. The van der Waals surface area contributed by atoms with E-state index in [2.05, 4.69) is 0 Å². The minimum Gasteiger partial charge on any atom is -0.466 e. The number of Topliss-reactive ketones (excluding diaryl/α,β-unsaturated/α-hetero) is 1. The summed E-state index contributed by atoms with van der Waals surface area (Å²) >= 11 is 0. The molecule has 152 valence electrons. The molecule has 0 aliphatic heterocycles. The number of esters is 2. The standard InChI is InChI=1S/C18H32O8/c1-12(19)8-6-7-10-25-18(23-5)13(2)17(22)16(26-15(4)21)9-11-24-14(3)20/h13,16-18,22H,6-11H2,1-5H3. The highest BCUT2D eigenvalue weighted by Gasteiger charge is 2.33. The van der Waals surface area contributed by atoms with Gasteiger partial charge in [-0.3, -0.25) is 9.59 Å². The number of rotatable bonds is 14. The monoisotopic (exact) mass is 376 g/mol. The van der Waals surface area contributed by atoms with Gasteiger partial charge >= 0.3 is 11.9 Å². The second-order valence-corrected chi connectivity index (χ2v) is 6.26. The maximum absolute atomic E-state index is 11.3. The van der Waals surface area contributed by atoms with Crippen molar-refractivity contribution in [3.8, 4) is 0 Å². The van der Waals surface area contributed by atoms with Crippen molar-refractivity contribution in [2.24, 2.45) is 5.92 Å². The Hall–Kier alpha value is -1.51. The third-order valence-electron chi connectivity index (χ3n) is 3.81. The molecule has 0 heterocycles. The largest absolute Gasteiger partial charge is 0.466 e. The van der Waals surface area contributed by atoms with Crippen LogP contribution >= 0.6 is 0 Å². The zero-order valence-corrected chi connectivity index (χ0v) is 16.4. The summed E-state index contributed by atoms with van der Waals surface area (Å²) in [6.07, 6.45) is -0.515. The molecule has 8 nitrogen and oxygen atoms in total. The molecule has 8 heteroatoms. The molecule has 0 bridgehead atoms. The van der Waals surface area contributed by atoms with Crippen LogP contribution in [0.3, 0.4) is 0 Å². The van der Waals surface area contributed by atoms with Gasteiger partial charge in [-0.1, -0.05) is 6.92 Å². The van der Waals surface area contributed by atoms with Crippen LogP contribution in [0.4, 0.5) is 0 Å². The van der Waals surface area contributed by atoms with E-state index in [-0.39, 0.29) is 18.8 Å². The number of hydrogen-bond acceptors (Lipinski definition) is 8. The molecule has 0 amide bonds. The molecule has 0 fully saturated rings. The summed E-state index contributed by atoms with van der Waals surface area (Å²) in [6.45, 7) is 6.20. The number of aliphatic hydroxyl groups excluding tert-OH is 1. The Labute approximate surface area is 155 Å². The summed E-state index contributed by atoms with van der Waals surface area (Å²) in [5.41, 5.74) is 0. The van der Waals surface area contributed by atoms with E-state index in [9.17, 15) is 19.5 Å². The normalized spacial score (nSPS) is 15.6. The van der Waals surface area contributed by atoms with Crippen LogP contribution in [0, 0.1) is 5.92 Å². The number of aliphatic hydroxyl groups is 1.